The third-order valence-corrected chi connectivity index (χ3v) is 3.23. The van der Waals surface area contributed by atoms with Gasteiger partial charge >= 0.3 is 0 Å². The second-order valence-corrected chi connectivity index (χ2v) is 5.50. The molecule has 0 atom stereocenters. The van der Waals surface area contributed by atoms with Crippen LogP contribution in [-0.4, -0.2) is 47.7 Å². The molecule has 0 saturated carbocycles. The lowest BCUT2D eigenvalue weighted by Gasteiger charge is -2.09. The second kappa shape index (κ2) is 7.96. The molecule has 1 heterocycles. The highest BCUT2D eigenvalue weighted by atomic mass is 32.2. The van der Waals surface area contributed by atoms with Crippen LogP contribution in [0.25, 0.3) is 0 Å². The van der Waals surface area contributed by atoms with Crippen LogP contribution in [0.1, 0.15) is 13.3 Å². The fourth-order valence-corrected chi connectivity index (χ4v) is 2.38. The average molecular weight is 284 g/mol. The van der Waals surface area contributed by atoms with Crippen LogP contribution in [0.5, 0.6) is 0 Å². The molecular formula is C12H20N4O2S. The summed E-state index contributed by atoms with van der Waals surface area (Å²) in [6, 6.07) is 3.00. The van der Waals surface area contributed by atoms with Crippen LogP contribution < -0.4 is 5.32 Å². The van der Waals surface area contributed by atoms with Crippen LogP contribution in [0.15, 0.2) is 17.2 Å². The third kappa shape index (κ3) is 5.89. The monoisotopic (exact) mass is 284 g/mol. The number of nitro groups is 1. The average Bonchev–Trinajstić information content (AvgIpc) is 2.35. The van der Waals surface area contributed by atoms with Crippen molar-refractivity contribution in [3.05, 3.63) is 22.2 Å². The molecule has 0 amide bonds. The van der Waals surface area contributed by atoms with Gasteiger partial charge in [-0.15, -0.1) is 11.8 Å². The molecular weight excluding hydrogens is 264 g/mol. The van der Waals surface area contributed by atoms with Gasteiger partial charge in [-0.05, 0) is 20.5 Å². The summed E-state index contributed by atoms with van der Waals surface area (Å²) < 4.78 is 0. The highest BCUT2D eigenvalue weighted by molar-refractivity contribution is 7.99. The summed E-state index contributed by atoms with van der Waals surface area (Å²) in [5.41, 5.74) is 0.0842. The van der Waals surface area contributed by atoms with E-state index in [0.717, 1.165) is 25.3 Å². The number of aromatic nitrogens is 1. The van der Waals surface area contributed by atoms with E-state index >= 15 is 0 Å². The fourth-order valence-electron chi connectivity index (χ4n) is 1.35. The van der Waals surface area contributed by atoms with Gasteiger partial charge in [-0.1, -0.05) is 6.92 Å². The smallest absolute Gasteiger partial charge is 0.275 e. The number of nitrogens with one attached hydrogen (secondary N) is 1. The zero-order valence-electron chi connectivity index (χ0n) is 11.5. The normalized spacial score (nSPS) is 10.7. The van der Waals surface area contributed by atoms with Gasteiger partial charge in [0.2, 0.25) is 0 Å². The van der Waals surface area contributed by atoms with Crippen LogP contribution in [-0.2, 0) is 0 Å². The molecule has 1 aromatic rings. The lowest BCUT2D eigenvalue weighted by molar-refractivity contribution is -0.385. The Kier molecular flexibility index (Phi) is 6.58. The third-order valence-electron chi connectivity index (χ3n) is 2.34. The zero-order valence-corrected chi connectivity index (χ0v) is 12.4. The summed E-state index contributed by atoms with van der Waals surface area (Å²) in [6.45, 7) is 3.71. The van der Waals surface area contributed by atoms with E-state index in [4.69, 9.17) is 0 Å². The first-order valence-electron chi connectivity index (χ1n) is 6.20. The summed E-state index contributed by atoms with van der Waals surface area (Å²) >= 11 is 1.53. The minimum atomic E-state index is -0.380. The Balaban J connectivity index is 2.77. The second-order valence-electron chi connectivity index (χ2n) is 4.38. The van der Waals surface area contributed by atoms with Gasteiger partial charge in [-0.3, -0.25) is 10.1 Å². The quantitative estimate of drug-likeness (QED) is 0.449. The number of hydrogen-bond donors (Lipinski definition) is 1. The summed E-state index contributed by atoms with van der Waals surface area (Å²) in [7, 11) is 3.99. The Labute approximate surface area is 117 Å². The molecule has 19 heavy (non-hydrogen) atoms. The molecule has 0 aliphatic heterocycles. The van der Waals surface area contributed by atoms with Gasteiger partial charge in [-0.25, -0.2) is 4.98 Å². The summed E-state index contributed by atoms with van der Waals surface area (Å²) in [5, 5.41) is 14.7. The number of rotatable bonds is 8. The van der Waals surface area contributed by atoms with Crippen LogP contribution >= 0.6 is 11.8 Å². The molecule has 1 rings (SSSR count). The lowest BCUT2D eigenvalue weighted by atomic mass is 10.4. The Morgan fingerprint density at radius 3 is 2.79 bits per heavy atom. The van der Waals surface area contributed by atoms with Gasteiger partial charge in [0.05, 0.1) is 11.0 Å². The van der Waals surface area contributed by atoms with Crippen molar-refractivity contribution in [3.63, 3.8) is 0 Å². The predicted octanol–water partition coefficient (Wildman–Crippen LogP) is 2.47. The van der Waals surface area contributed by atoms with E-state index in [0.29, 0.717) is 10.8 Å². The number of thioether (sulfide) groups is 1. The molecule has 0 saturated heterocycles. The van der Waals surface area contributed by atoms with E-state index in [1.807, 2.05) is 21.0 Å². The van der Waals surface area contributed by atoms with Crippen molar-refractivity contribution in [2.24, 2.45) is 0 Å². The van der Waals surface area contributed by atoms with Crippen LogP contribution in [0.3, 0.4) is 0 Å². The molecule has 0 fully saturated rings. The maximum absolute atomic E-state index is 10.9. The van der Waals surface area contributed by atoms with Crippen LogP contribution in [0.2, 0.25) is 0 Å². The highest BCUT2D eigenvalue weighted by Gasteiger charge is 2.11. The number of nitrogens with zero attached hydrogens (tertiary/aromatic N) is 3. The molecule has 106 valence electrons. The lowest BCUT2D eigenvalue weighted by Crippen LogP contribution is -2.14. The number of anilines is 1. The van der Waals surface area contributed by atoms with Gasteiger partial charge in [0.25, 0.3) is 5.69 Å². The molecule has 1 aromatic heterocycles. The van der Waals surface area contributed by atoms with Gasteiger partial charge in [0.1, 0.15) is 10.8 Å². The molecule has 0 aliphatic rings. The SMILES string of the molecule is CCCNc1cc([N+](=O)[O-])cc(SCCN(C)C)n1. The van der Waals surface area contributed by atoms with Crippen molar-refractivity contribution in [1.82, 2.24) is 9.88 Å². The summed E-state index contributed by atoms with van der Waals surface area (Å²) in [4.78, 5) is 17.0. The van der Waals surface area contributed by atoms with E-state index in [1.54, 1.807) is 0 Å². The molecule has 0 aliphatic carbocycles. The van der Waals surface area contributed by atoms with Crippen molar-refractivity contribution in [2.75, 3.05) is 38.3 Å². The number of hydrogen-bond acceptors (Lipinski definition) is 6. The minimum absolute atomic E-state index is 0.0842. The molecule has 0 bridgehead atoms. The van der Waals surface area contributed by atoms with E-state index in [-0.39, 0.29) is 10.6 Å². The van der Waals surface area contributed by atoms with E-state index in [9.17, 15) is 10.1 Å². The molecule has 0 aromatic carbocycles. The van der Waals surface area contributed by atoms with Crippen molar-refractivity contribution in [3.8, 4) is 0 Å². The molecule has 0 spiro atoms. The zero-order chi connectivity index (χ0) is 14.3. The predicted molar refractivity (Wildman–Crippen MR) is 79.0 cm³/mol. The summed E-state index contributed by atoms with van der Waals surface area (Å²) in [5.74, 6) is 1.43. The Morgan fingerprint density at radius 2 is 2.21 bits per heavy atom. The van der Waals surface area contributed by atoms with Crippen molar-refractivity contribution in [2.45, 2.75) is 18.4 Å². The van der Waals surface area contributed by atoms with Gasteiger partial charge in [-0.2, -0.15) is 0 Å². The minimum Gasteiger partial charge on any atom is -0.370 e. The standard InChI is InChI=1S/C12H20N4O2S/c1-4-5-13-11-8-10(16(17)18)9-12(14-11)19-7-6-15(2)3/h8-9H,4-7H2,1-3H3,(H,13,14). The van der Waals surface area contributed by atoms with Crippen molar-refractivity contribution >= 4 is 23.3 Å². The Bertz CT molecular complexity index is 426. The highest BCUT2D eigenvalue weighted by Crippen LogP contribution is 2.24. The molecule has 6 nitrogen and oxygen atoms in total. The maximum atomic E-state index is 10.9. The van der Waals surface area contributed by atoms with Crippen molar-refractivity contribution < 1.29 is 4.92 Å². The van der Waals surface area contributed by atoms with Crippen LogP contribution in [0.4, 0.5) is 11.5 Å². The van der Waals surface area contributed by atoms with Crippen molar-refractivity contribution in [1.29, 1.82) is 0 Å². The van der Waals surface area contributed by atoms with Gasteiger partial charge in [0, 0.05) is 24.9 Å². The topological polar surface area (TPSA) is 71.3 Å². The van der Waals surface area contributed by atoms with Crippen LogP contribution in [0, 0.1) is 10.1 Å². The van der Waals surface area contributed by atoms with E-state index in [1.165, 1.54) is 23.9 Å². The molecule has 1 N–H and O–H groups in total. The molecule has 0 radical (unpaired) electrons. The fraction of sp³-hybridized carbons (Fsp3) is 0.583. The first-order valence-corrected chi connectivity index (χ1v) is 7.19. The van der Waals surface area contributed by atoms with Gasteiger partial charge < -0.3 is 10.2 Å². The Hall–Kier alpha value is -1.34. The molecule has 0 unspecified atom stereocenters. The van der Waals surface area contributed by atoms with E-state index in [2.05, 4.69) is 15.2 Å². The molecule has 7 heteroatoms. The van der Waals surface area contributed by atoms with Gasteiger partial charge in [0.15, 0.2) is 0 Å². The first kappa shape index (κ1) is 15.7. The Morgan fingerprint density at radius 1 is 1.47 bits per heavy atom. The first-order chi connectivity index (χ1) is 9.02. The summed E-state index contributed by atoms with van der Waals surface area (Å²) in [6.07, 6.45) is 0.952. The number of pyridine rings is 1. The largest absolute Gasteiger partial charge is 0.370 e. The van der Waals surface area contributed by atoms with E-state index < -0.39 is 0 Å². The maximum Gasteiger partial charge on any atom is 0.275 e.